The number of nitrogens with one attached hydrogen (secondary N) is 2. The van der Waals surface area contributed by atoms with Crippen LogP contribution in [-0.2, 0) is 0 Å². The van der Waals surface area contributed by atoms with Crippen LogP contribution in [0.4, 0.5) is 13.6 Å². The maximum Gasteiger partial charge on any atom is 0.314 e. The number of halogens is 2. The molecule has 0 bridgehead atoms. The summed E-state index contributed by atoms with van der Waals surface area (Å²) in [6.45, 7) is 7.94. The zero-order chi connectivity index (χ0) is 17.4. The number of benzene rings is 1. The lowest BCUT2D eigenvalue weighted by molar-refractivity contribution is 0.163. The number of carbonyl (C=O) groups excluding carboxylic acids is 1. The molecular weight excluding hydrogens is 304 g/mol. The molecule has 2 amide bonds. The van der Waals surface area contributed by atoms with E-state index < -0.39 is 29.3 Å². The van der Waals surface area contributed by atoms with Gasteiger partial charge >= 0.3 is 6.03 Å². The lowest BCUT2D eigenvalue weighted by atomic mass is 10.1. The van der Waals surface area contributed by atoms with E-state index in [-0.39, 0.29) is 6.54 Å². The number of aliphatic hydroxyl groups is 1. The number of rotatable bonds is 8. The molecule has 130 valence electrons. The van der Waals surface area contributed by atoms with E-state index >= 15 is 0 Å². The van der Waals surface area contributed by atoms with Crippen LogP contribution in [0.15, 0.2) is 18.2 Å². The van der Waals surface area contributed by atoms with E-state index in [1.54, 1.807) is 0 Å². The maximum absolute atomic E-state index is 13.5. The van der Waals surface area contributed by atoms with Gasteiger partial charge in [-0.3, -0.25) is 4.90 Å². The van der Waals surface area contributed by atoms with Crippen LogP contribution < -0.4 is 10.6 Å². The van der Waals surface area contributed by atoms with E-state index in [0.29, 0.717) is 19.1 Å². The van der Waals surface area contributed by atoms with Crippen LogP contribution in [0.2, 0.25) is 0 Å². The minimum Gasteiger partial charge on any atom is -0.386 e. The molecule has 0 heterocycles. The van der Waals surface area contributed by atoms with E-state index in [0.717, 1.165) is 18.7 Å². The smallest absolute Gasteiger partial charge is 0.314 e. The van der Waals surface area contributed by atoms with Crippen LogP contribution in [0.1, 0.15) is 32.4 Å². The highest BCUT2D eigenvalue weighted by atomic mass is 19.1. The molecule has 1 atom stereocenters. The van der Waals surface area contributed by atoms with Crippen LogP contribution in [0.5, 0.6) is 0 Å². The van der Waals surface area contributed by atoms with Crippen molar-refractivity contribution in [3.63, 3.8) is 0 Å². The van der Waals surface area contributed by atoms with Crippen molar-refractivity contribution in [3.05, 3.63) is 35.4 Å². The fourth-order valence-electron chi connectivity index (χ4n) is 2.28. The fourth-order valence-corrected chi connectivity index (χ4v) is 2.28. The second-order valence-electron chi connectivity index (χ2n) is 5.51. The Kier molecular flexibility index (Phi) is 7.91. The number of hydrogen-bond donors (Lipinski definition) is 3. The minimum atomic E-state index is -1.44. The first-order chi connectivity index (χ1) is 10.9. The van der Waals surface area contributed by atoms with E-state index in [4.69, 9.17) is 0 Å². The molecule has 0 aliphatic rings. The Morgan fingerprint density at radius 2 is 1.87 bits per heavy atom. The molecule has 0 saturated carbocycles. The summed E-state index contributed by atoms with van der Waals surface area (Å²) < 4.78 is 27.0. The Labute approximate surface area is 135 Å². The van der Waals surface area contributed by atoms with Gasteiger partial charge in [0.25, 0.3) is 0 Å². The summed E-state index contributed by atoms with van der Waals surface area (Å²) in [6.07, 6.45) is -1.44. The molecular formula is C16H25F2N3O2. The highest BCUT2D eigenvalue weighted by molar-refractivity contribution is 5.73. The van der Waals surface area contributed by atoms with Gasteiger partial charge in [-0.1, -0.05) is 13.0 Å². The lowest BCUT2D eigenvalue weighted by Gasteiger charge is -2.24. The third-order valence-corrected chi connectivity index (χ3v) is 3.61. The van der Waals surface area contributed by atoms with Crippen LogP contribution in [-0.4, -0.2) is 48.3 Å². The third kappa shape index (κ3) is 6.11. The van der Waals surface area contributed by atoms with E-state index in [2.05, 4.69) is 29.4 Å². The first-order valence-electron chi connectivity index (χ1n) is 7.74. The van der Waals surface area contributed by atoms with Crippen molar-refractivity contribution >= 4 is 6.03 Å². The second-order valence-corrected chi connectivity index (χ2v) is 5.51. The van der Waals surface area contributed by atoms with Crippen LogP contribution in [0.3, 0.4) is 0 Å². The molecule has 0 saturated heterocycles. The van der Waals surface area contributed by atoms with Gasteiger partial charge in [0.05, 0.1) is 5.56 Å². The van der Waals surface area contributed by atoms with Crippen LogP contribution in [0.25, 0.3) is 0 Å². The Morgan fingerprint density at radius 3 is 2.39 bits per heavy atom. The summed E-state index contributed by atoms with van der Waals surface area (Å²) in [6, 6.07) is 3.24. The molecule has 5 nitrogen and oxygen atoms in total. The van der Waals surface area contributed by atoms with Gasteiger partial charge in [-0.25, -0.2) is 13.6 Å². The molecule has 0 spiro atoms. The average molecular weight is 329 g/mol. The van der Waals surface area contributed by atoms with Gasteiger partial charge in [-0.2, -0.15) is 0 Å². The topological polar surface area (TPSA) is 64.6 Å². The normalized spacial score (nSPS) is 12.5. The van der Waals surface area contributed by atoms with Crippen molar-refractivity contribution < 1.29 is 18.7 Å². The number of carbonyl (C=O) groups is 1. The third-order valence-electron chi connectivity index (χ3n) is 3.61. The Morgan fingerprint density at radius 1 is 1.26 bits per heavy atom. The predicted molar refractivity (Wildman–Crippen MR) is 85.1 cm³/mol. The lowest BCUT2D eigenvalue weighted by Crippen LogP contribution is -2.43. The summed E-state index contributed by atoms with van der Waals surface area (Å²) >= 11 is 0. The molecule has 0 aromatic heterocycles. The van der Waals surface area contributed by atoms with Gasteiger partial charge in [-0.05, 0) is 32.5 Å². The second kappa shape index (κ2) is 9.42. The van der Waals surface area contributed by atoms with Crippen LogP contribution >= 0.6 is 0 Å². The Balaban J connectivity index is 2.38. The fraction of sp³-hybridized carbons (Fsp3) is 0.562. The predicted octanol–water partition coefficient (Wildman–Crippen LogP) is 2.03. The maximum atomic E-state index is 13.5. The van der Waals surface area contributed by atoms with E-state index in [1.165, 1.54) is 6.07 Å². The molecule has 1 aromatic carbocycles. The monoisotopic (exact) mass is 329 g/mol. The van der Waals surface area contributed by atoms with Gasteiger partial charge in [0, 0.05) is 25.7 Å². The zero-order valence-electron chi connectivity index (χ0n) is 13.8. The number of aliphatic hydroxyl groups excluding tert-OH is 1. The molecule has 3 N–H and O–H groups in total. The van der Waals surface area contributed by atoms with Crippen molar-refractivity contribution in [2.75, 3.05) is 26.2 Å². The van der Waals surface area contributed by atoms with E-state index in [1.807, 2.05) is 6.92 Å². The zero-order valence-corrected chi connectivity index (χ0v) is 13.8. The molecule has 1 unspecified atom stereocenters. The highest BCUT2D eigenvalue weighted by Crippen LogP contribution is 2.19. The first kappa shape index (κ1) is 19.3. The van der Waals surface area contributed by atoms with E-state index in [9.17, 15) is 18.7 Å². The summed E-state index contributed by atoms with van der Waals surface area (Å²) in [5, 5.41) is 14.9. The molecule has 0 fully saturated rings. The van der Waals surface area contributed by atoms with Crippen molar-refractivity contribution in [1.82, 2.24) is 15.5 Å². The SMILES string of the molecule is CCN(CCNC(=O)NCC(O)c1c(F)cccc1F)C(C)C. The molecule has 7 heteroatoms. The Hall–Kier alpha value is -1.73. The summed E-state index contributed by atoms with van der Waals surface area (Å²) in [5.74, 6) is -1.68. The van der Waals surface area contributed by atoms with Crippen molar-refractivity contribution in [2.45, 2.75) is 32.9 Å². The van der Waals surface area contributed by atoms with Gasteiger partial charge in [0.1, 0.15) is 17.7 Å². The van der Waals surface area contributed by atoms with Gasteiger partial charge in [0.2, 0.25) is 0 Å². The number of likely N-dealkylation sites (N-methyl/N-ethyl adjacent to an activating group) is 1. The number of amides is 2. The molecule has 23 heavy (non-hydrogen) atoms. The van der Waals surface area contributed by atoms with Crippen LogP contribution in [0, 0.1) is 11.6 Å². The molecule has 1 aromatic rings. The summed E-state index contributed by atoms with van der Waals surface area (Å²) in [5.41, 5.74) is -0.440. The van der Waals surface area contributed by atoms with Crippen molar-refractivity contribution in [2.24, 2.45) is 0 Å². The average Bonchev–Trinajstić information content (AvgIpc) is 2.49. The molecule has 0 radical (unpaired) electrons. The van der Waals surface area contributed by atoms with Crippen molar-refractivity contribution in [1.29, 1.82) is 0 Å². The highest BCUT2D eigenvalue weighted by Gasteiger charge is 2.18. The molecule has 0 aliphatic carbocycles. The Bertz CT molecular complexity index is 492. The summed E-state index contributed by atoms with van der Waals surface area (Å²) in [7, 11) is 0. The summed E-state index contributed by atoms with van der Waals surface area (Å²) in [4.78, 5) is 13.8. The largest absolute Gasteiger partial charge is 0.386 e. The molecule has 0 aliphatic heterocycles. The number of nitrogens with zero attached hydrogens (tertiary/aromatic N) is 1. The first-order valence-corrected chi connectivity index (χ1v) is 7.74. The number of hydrogen-bond acceptors (Lipinski definition) is 3. The van der Waals surface area contributed by atoms with Gasteiger partial charge in [-0.15, -0.1) is 0 Å². The standard InChI is InChI=1S/C16H25F2N3O2/c1-4-21(11(2)3)9-8-19-16(23)20-10-14(22)15-12(17)6-5-7-13(15)18/h5-7,11,14,22H,4,8-10H2,1-3H3,(H2,19,20,23). The number of urea groups is 1. The quantitative estimate of drug-likeness (QED) is 0.684. The molecule has 1 rings (SSSR count). The minimum absolute atomic E-state index is 0.272. The van der Waals surface area contributed by atoms with Gasteiger partial charge in [0.15, 0.2) is 0 Å². The van der Waals surface area contributed by atoms with Crippen molar-refractivity contribution in [3.8, 4) is 0 Å². The van der Waals surface area contributed by atoms with Gasteiger partial charge < -0.3 is 15.7 Å².